The van der Waals surface area contributed by atoms with Gasteiger partial charge >= 0.3 is 0 Å². The summed E-state index contributed by atoms with van der Waals surface area (Å²) in [6.07, 6.45) is 2.89. The van der Waals surface area contributed by atoms with E-state index in [-0.39, 0.29) is 18.3 Å². The molecule has 1 aliphatic rings. The average Bonchev–Trinajstić information content (AvgIpc) is 2.47. The highest BCUT2D eigenvalue weighted by Crippen LogP contribution is 2.22. The van der Waals surface area contributed by atoms with Crippen LogP contribution in [0.3, 0.4) is 0 Å². The molecule has 0 spiro atoms. The molecule has 1 amide bonds. The zero-order valence-corrected chi connectivity index (χ0v) is 15.3. The minimum Gasteiger partial charge on any atom is -0.338 e. The second-order valence-electron chi connectivity index (χ2n) is 5.78. The normalized spacial score (nSPS) is 15.9. The number of nitrogens with zero attached hydrogens (tertiary/aromatic N) is 1. The van der Waals surface area contributed by atoms with Crippen LogP contribution in [0.25, 0.3) is 0 Å². The predicted octanol–water partition coefficient (Wildman–Crippen LogP) is 1.61. The molecular weight excluding hydrogens is 338 g/mol. The van der Waals surface area contributed by atoms with E-state index in [4.69, 9.17) is 0 Å². The fourth-order valence-corrected chi connectivity index (χ4v) is 3.24. The molecule has 0 unspecified atom stereocenters. The lowest BCUT2D eigenvalue weighted by atomic mass is 10.0. The van der Waals surface area contributed by atoms with Crippen molar-refractivity contribution in [2.45, 2.75) is 25.8 Å². The van der Waals surface area contributed by atoms with Gasteiger partial charge in [0.1, 0.15) is 0 Å². The molecule has 130 valence electrons. The van der Waals surface area contributed by atoms with Gasteiger partial charge in [0.05, 0.1) is 17.5 Å². The van der Waals surface area contributed by atoms with Crippen LogP contribution in [0.1, 0.15) is 28.8 Å². The highest BCUT2D eigenvalue weighted by molar-refractivity contribution is 7.92. The van der Waals surface area contributed by atoms with Gasteiger partial charge in [-0.3, -0.25) is 9.52 Å². The molecule has 1 aromatic carbocycles. The second kappa shape index (κ2) is 7.99. The van der Waals surface area contributed by atoms with Gasteiger partial charge in [-0.05, 0) is 38.9 Å². The molecule has 2 rings (SSSR count). The van der Waals surface area contributed by atoms with Crippen LogP contribution < -0.4 is 10.0 Å². The zero-order chi connectivity index (χ0) is 16.3. The van der Waals surface area contributed by atoms with Gasteiger partial charge in [-0.2, -0.15) is 0 Å². The third-order valence-electron chi connectivity index (χ3n) is 3.89. The molecule has 8 heteroatoms. The smallest absolute Gasteiger partial charge is 0.255 e. The zero-order valence-electron chi connectivity index (χ0n) is 13.6. The number of carbonyl (C=O) groups excluding carboxylic acids is 1. The number of halogens is 1. The van der Waals surface area contributed by atoms with Gasteiger partial charge in [0.15, 0.2) is 0 Å². The number of hydrogen-bond acceptors (Lipinski definition) is 4. The Bertz CT molecular complexity index is 656. The molecule has 0 radical (unpaired) electrons. The fourth-order valence-electron chi connectivity index (χ4n) is 2.67. The van der Waals surface area contributed by atoms with E-state index in [0.717, 1.165) is 24.7 Å². The summed E-state index contributed by atoms with van der Waals surface area (Å²) < 4.78 is 25.4. The van der Waals surface area contributed by atoms with Gasteiger partial charge in [-0.25, -0.2) is 8.42 Å². The van der Waals surface area contributed by atoms with Crippen LogP contribution in [0.2, 0.25) is 0 Å². The first kappa shape index (κ1) is 19.7. The quantitative estimate of drug-likeness (QED) is 0.854. The number of amides is 1. The Labute approximate surface area is 144 Å². The molecule has 1 saturated heterocycles. The van der Waals surface area contributed by atoms with E-state index in [1.54, 1.807) is 23.1 Å². The van der Waals surface area contributed by atoms with Crippen molar-refractivity contribution in [2.75, 3.05) is 31.1 Å². The van der Waals surface area contributed by atoms with E-state index in [9.17, 15) is 13.2 Å². The van der Waals surface area contributed by atoms with Crippen LogP contribution in [0.5, 0.6) is 0 Å². The Morgan fingerprint density at radius 3 is 2.39 bits per heavy atom. The molecule has 0 bridgehead atoms. The van der Waals surface area contributed by atoms with Gasteiger partial charge in [0, 0.05) is 19.1 Å². The molecular formula is C15H24ClN3O3S. The Kier molecular flexibility index (Phi) is 6.85. The molecule has 6 nitrogen and oxygen atoms in total. The number of rotatable bonds is 4. The van der Waals surface area contributed by atoms with E-state index in [2.05, 4.69) is 10.0 Å². The van der Waals surface area contributed by atoms with Gasteiger partial charge in [0.25, 0.3) is 5.91 Å². The molecule has 0 atom stereocenters. The topological polar surface area (TPSA) is 78.5 Å². The van der Waals surface area contributed by atoms with Crippen molar-refractivity contribution in [3.8, 4) is 0 Å². The number of aryl methyl sites for hydroxylation is 1. The Morgan fingerprint density at radius 1 is 1.26 bits per heavy atom. The van der Waals surface area contributed by atoms with Crippen molar-refractivity contribution in [3.63, 3.8) is 0 Å². The Balaban J connectivity index is 0.00000264. The summed E-state index contributed by atoms with van der Waals surface area (Å²) in [4.78, 5) is 14.5. The van der Waals surface area contributed by atoms with Crippen molar-refractivity contribution < 1.29 is 13.2 Å². The average molecular weight is 362 g/mol. The van der Waals surface area contributed by atoms with Crippen LogP contribution in [0, 0.1) is 6.92 Å². The summed E-state index contributed by atoms with van der Waals surface area (Å²) in [7, 11) is -1.49. The molecule has 23 heavy (non-hydrogen) atoms. The van der Waals surface area contributed by atoms with Crippen LogP contribution in [0.15, 0.2) is 18.2 Å². The maximum atomic E-state index is 12.7. The van der Waals surface area contributed by atoms with E-state index in [1.807, 2.05) is 14.0 Å². The molecule has 0 saturated carbocycles. The van der Waals surface area contributed by atoms with Crippen LogP contribution in [0.4, 0.5) is 5.69 Å². The minimum atomic E-state index is -3.42. The maximum absolute atomic E-state index is 12.7. The number of piperidine rings is 1. The molecule has 1 heterocycles. The minimum absolute atomic E-state index is 0. The van der Waals surface area contributed by atoms with Crippen LogP contribution >= 0.6 is 12.4 Å². The third kappa shape index (κ3) is 5.37. The summed E-state index contributed by atoms with van der Waals surface area (Å²) >= 11 is 0. The first-order valence-corrected chi connectivity index (χ1v) is 9.24. The lowest BCUT2D eigenvalue weighted by Crippen LogP contribution is -2.44. The summed E-state index contributed by atoms with van der Waals surface area (Å²) in [5, 5.41) is 3.23. The molecule has 0 aromatic heterocycles. The molecule has 0 aliphatic carbocycles. The number of sulfonamides is 1. The Morgan fingerprint density at radius 2 is 1.87 bits per heavy atom. The fraction of sp³-hybridized carbons (Fsp3) is 0.533. The maximum Gasteiger partial charge on any atom is 0.255 e. The molecule has 1 fully saturated rings. The summed E-state index contributed by atoms with van der Waals surface area (Å²) in [6.45, 7) is 3.24. The van der Waals surface area contributed by atoms with Crippen molar-refractivity contribution in [1.82, 2.24) is 10.2 Å². The molecule has 1 aliphatic heterocycles. The van der Waals surface area contributed by atoms with Crippen LogP contribution in [-0.2, 0) is 10.0 Å². The van der Waals surface area contributed by atoms with Gasteiger partial charge in [-0.15, -0.1) is 12.4 Å². The first-order chi connectivity index (χ1) is 10.3. The van der Waals surface area contributed by atoms with E-state index >= 15 is 0 Å². The third-order valence-corrected chi connectivity index (χ3v) is 4.48. The largest absolute Gasteiger partial charge is 0.338 e. The number of benzene rings is 1. The standard InChI is InChI=1S/C15H23N3O3S.ClH/c1-11-4-5-14(17-22(3,20)21)13(10-11)15(19)18-8-6-12(16-2)7-9-18;/h4-5,10,12,16-17H,6-9H2,1-3H3;1H. The second-order valence-corrected chi connectivity index (χ2v) is 7.53. The van der Waals surface area contributed by atoms with E-state index < -0.39 is 10.0 Å². The molecule has 1 aromatic rings. The number of hydrogen-bond donors (Lipinski definition) is 2. The Hall–Kier alpha value is -1.31. The highest BCUT2D eigenvalue weighted by Gasteiger charge is 2.25. The monoisotopic (exact) mass is 361 g/mol. The number of likely N-dealkylation sites (tertiary alicyclic amines) is 1. The SMILES string of the molecule is CNC1CCN(C(=O)c2cc(C)ccc2NS(C)(=O)=O)CC1.Cl. The first-order valence-electron chi connectivity index (χ1n) is 7.35. The van der Waals surface area contributed by atoms with Gasteiger partial charge in [0.2, 0.25) is 10.0 Å². The molecule has 2 N–H and O–H groups in total. The summed E-state index contributed by atoms with van der Waals surface area (Å²) in [6, 6.07) is 5.61. The lowest BCUT2D eigenvalue weighted by Gasteiger charge is -2.32. The lowest BCUT2D eigenvalue weighted by molar-refractivity contribution is 0.0708. The van der Waals surface area contributed by atoms with Crippen molar-refractivity contribution in [3.05, 3.63) is 29.3 Å². The van der Waals surface area contributed by atoms with E-state index in [1.165, 1.54) is 0 Å². The number of carbonyl (C=O) groups is 1. The predicted molar refractivity (Wildman–Crippen MR) is 94.9 cm³/mol. The van der Waals surface area contributed by atoms with Gasteiger partial charge < -0.3 is 10.2 Å². The van der Waals surface area contributed by atoms with Crippen molar-refractivity contribution >= 4 is 34.0 Å². The summed E-state index contributed by atoms with van der Waals surface area (Å²) in [5.74, 6) is -0.121. The van der Waals surface area contributed by atoms with E-state index in [0.29, 0.717) is 30.4 Å². The summed E-state index contributed by atoms with van der Waals surface area (Å²) in [5.41, 5.74) is 1.68. The number of nitrogens with one attached hydrogen (secondary N) is 2. The highest BCUT2D eigenvalue weighted by atomic mass is 35.5. The van der Waals surface area contributed by atoms with Crippen LogP contribution in [-0.4, -0.2) is 51.7 Å². The van der Waals surface area contributed by atoms with Gasteiger partial charge in [-0.1, -0.05) is 11.6 Å². The van der Waals surface area contributed by atoms with Crippen molar-refractivity contribution in [2.24, 2.45) is 0 Å². The van der Waals surface area contributed by atoms with Crippen molar-refractivity contribution in [1.29, 1.82) is 0 Å². The number of anilines is 1.